The average Bonchev–Trinajstić information content (AvgIpc) is 2.18. The third kappa shape index (κ3) is 6.39. The molecule has 1 radical (unpaired) electrons. The van der Waals surface area contributed by atoms with Crippen molar-refractivity contribution in [1.82, 2.24) is 0 Å². The summed E-state index contributed by atoms with van der Waals surface area (Å²) >= 11 is 0. The summed E-state index contributed by atoms with van der Waals surface area (Å²) in [6, 6.07) is 0. The maximum absolute atomic E-state index is 3.33. The highest BCUT2D eigenvalue weighted by atomic mass is 13.9. The second-order valence-electron chi connectivity index (χ2n) is 3.40. The summed E-state index contributed by atoms with van der Waals surface area (Å²) in [4.78, 5) is 0. The molecule has 0 nitrogen and oxygen atoms in total. The summed E-state index contributed by atoms with van der Waals surface area (Å²) in [6.07, 6.45) is 23.0. The molecule has 0 fully saturated rings. The first-order valence-electron chi connectivity index (χ1n) is 5.35. The number of hydrogen-bond donors (Lipinski definition) is 0. The van der Waals surface area contributed by atoms with Gasteiger partial charge in [0.1, 0.15) is 0 Å². The lowest BCUT2D eigenvalue weighted by molar-refractivity contribution is 0.845. The average molecular weight is 175 g/mol. The molecule has 0 aromatic heterocycles. The first kappa shape index (κ1) is 10.3. The summed E-state index contributed by atoms with van der Waals surface area (Å²) < 4.78 is 0. The van der Waals surface area contributed by atoms with E-state index in [9.17, 15) is 0 Å². The van der Waals surface area contributed by atoms with Crippen molar-refractivity contribution in [2.24, 2.45) is 0 Å². The summed E-state index contributed by atoms with van der Waals surface area (Å²) in [5, 5.41) is 0. The molecule has 71 valence electrons. The summed E-state index contributed by atoms with van der Waals surface area (Å²) in [7, 11) is 0. The third-order valence-corrected chi connectivity index (χ3v) is 2.15. The normalized spacial score (nSPS) is 20.3. The SMILES string of the molecule is [C]1=CCCC=CCCC=CCCC1. The van der Waals surface area contributed by atoms with Gasteiger partial charge in [-0.15, -0.1) is 0 Å². The molecule has 0 heteroatoms. The van der Waals surface area contributed by atoms with E-state index < -0.39 is 0 Å². The molecular formula is C13H19. The Morgan fingerprint density at radius 1 is 0.692 bits per heavy atom. The van der Waals surface area contributed by atoms with Gasteiger partial charge in [0.15, 0.2) is 0 Å². The van der Waals surface area contributed by atoms with Crippen LogP contribution < -0.4 is 0 Å². The first-order valence-corrected chi connectivity index (χ1v) is 5.35. The van der Waals surface area contributed by atoms with Crippen molar-refractivity contribution < 1.29 is 0 Å². The molecule has 1 rings (SSSR count). The lowest BCUT2D eigenvalue weighted by Gasteiger charge is -1.89. The van der Waals surface area contributed by atoms with Crippen LogP contribution in [0.1, 0.15) is 44.9 Å². The first-order chi connectivity index (χ1) is 6.50. The zero-order valence-corrected chi connectivity index (χ0v) is 8.34. The standard InChI is InChI=1S/C13H19/c1-2-4-6-8-10-12-13-11-9-7-5-3-1/h1-2,7-9H,3-6,11-13H2. The van der Waals surface area contributed by atoms with Gasteiger partial charge in [-0.05, 0) is 51.0 Å². The van der Waals surface area contributed by atoms with Crippen LogP contribution in [0.4, 0.5) is 0 Å². The van der Waals surface area contributed by atoms with Crippen LogP contribution in [-0.2, 0) is 0 Å². The molecular weight excluding hydrogens is 156 g/mol. The molecule has 0 N–H and O–H groups in total. The molecule has 0 saturated heterocycles. The van der Waals surface area contributed by atoms with Gasteiger partial charge >= 0.3 is 0 Å². The molecule has 0 unspecified atom stereocenters. The fourth-order valence-corrected chi connectivity index (χ4v) is 1.37. The molecule has 0 saturated carbocycles. The van der Waals surface area contributed by atoms with Crippen molar-refractivity contribution >= 4 is 0 Å². The van der Waals surface area contributed by atoms with Crippen molar-refractivity contribution in [3.63, 3.8) is 0 Å². The van der Waals surface area contributed by atoms with Gasteiger partial charge in [0.05, 0.1) is 0 Å². The van der Waals surface area contributed by atoms with Crippen LogP contribution in [0.15, 0.2) is 30.4 Å². The Morgan fingerprint density at radius 3 is 2.08 bits per heavy atom. The van der Waals surface area contributed by atoms with Crippen LogP contribution in [0.5, 0.6) is 0 Å². The molecule has 1 aliphatic rings. The van der Waals surface area contributed by atoms with E-state index in [2.05, 4.69) is 36.5 Å². The highest BCUT2D eigenvalue weighted by molar-refractivity contribution is 4.90. The molecule has 0 amide bonds. The van der Waals surface area contributed by atoms with Gasteiger partial charge in [0, 0.05) is 0 Å². The molecule has 0 heterocycles. The predicted molar refractivity (Wildman–Crippen MR) is 58.4 cm³/mol. The van der Waals surface area contributed by atoms with E-state index in [1.54, 1.807) is 0 Å². The zero-order valence-electron chi connectivity index (χ0n) is 8.34. The van der Waals surface area contributed by atoms with Crippen molar-refractivity contribution in [3.8, 4) is 0 Å². The van der Waals surface area contributed by atoms with E-state index in [4.69, 9.17) is 0 Å². The summed E-state index contributed by atoms with van der Waals surface area (Å²) in [5.74, 6) is 0. The van der Waals surface area contributed by atoms with E-state index >= 15 is 0 Å². The van der Waals surface area contributed by atoms with Crippen molar-refractivity contribution in [1.29, 1.82) is 0 Å². The van der Waals surface area contributed by atoms with Crippen LogP contribution >= 0.6 is 0 Å². The largest absolute Gasteiger partial charge is 0.0885 e. The van der Waals surface area contributed by atoms with Gasteiger partial charge in [-0.3, -0.25) is 0 Å². The van der Waals surface area contributed by atoms with Gasteiger partial charge in [0.2, 0.25) is 0 Å². The third-order valence-electron chi connectivity index (χ3n) is 2.15. The monoisotopic (exact) mass is 175 g/mol. The Bertz CT molecular complexity index is 164. The minimum Gasteiger partial charge on any atom is -0.0885 e. The van der Waals surface area contributed by atoms with Crippen molar-refractivity contribution in [2.45, 2.75) is 44.9 Å². The van der Waals surface area contributed by atoms with E-state index in [0.717, 1.165) is 12.8 Å². The van der Waals surface area contributed by atoms with Gasteiger partial charge in [0.25, 0.3) is 0 Å². The Kier molecular flexibility index (Phi) is 6.22. The maximum atomic E-state index is 3.33. The number of hydrogen-bond acceptors (Lipinski definition) is 0. The number of rotatable bonds is 0. The molecule has 13 heavy (non-hydrogen) atoms. The second-order valence-corrected chi connectivity index (χ2v) is 3.40. The Balaban J connectivity index is 2.27. The molecule has 0 bridgehead atoms. The van der Waals surface area contributed by atoms with Gasteiger partial charge < -0.3 is 0 Å². The maximum Gasteiger partial charge on any atom is -0.0276 e. The minimum absolute atomic E-state index is 1.12. The quantitative estimate of drug-likeness (QED) is 0.484. The van der Waals surface area contributed by atoms with Crippen molar-refractivity contribution in [2.75, 3.05) is 0 Å². The molecule has 0 spiro atoms. The van der Waals surface area contributed by atoms with Gasteiger partial charge in [-0.2, -0.15) is 0 Å². The van der Waals surface area contributed by atoms with E-state index in [-0.39, 0.29) is 0 Å². The van der Waals surface area contributed by atoms with Gasteiger partial charge in [-0.25, -0.2) is 0 Å². The van der Waals surface area contributed by atoms with Crippen LogP contribution in [0.2, 0.25) is 0 Å². The molecule has 1 aliphatic carbocycles. The smallest absolute Gasteiger partial charge is 0.0276 e. The van der Waals surface area contributed by atoms with Crippen LogP contribution in [-0.4, -0.2) is 0 Å². The highest BCUT2D eigenvalue weighted by Gasteiger charge is 1.84. The van der Waals surface area contributed by atoms with E-state index in [0.29, 0.717) is 0 Å². The van der Waals surface area contributed by atoms with Crippen LogP contribution in [0.3, 0.4) is 0 Å². The highest BCUT2D eigenvalue weighted by Crippen LogP contribution is 2.03. The number of allylic oxidation sites excluding steroid dienone is 6. The molecule has 0 atom stereocenters. The lowest BCUT2D eigenvalue weighted by atomic mass is 10.2. The lowest BCUT2D eigenvalue weighted by Crippen LogP contribution is -1.70. The van der Waals surface area contributed by atoms with Crippen molar-refractivity contribution in [3.05, 3.63) is 36.5 Å². The fraction of sp³-hybridized carbons (Fsp3) is 0.538. The molecule has 0 aromatic carbocycles. The fourth-order valence-electron chi connectivity index (χ4n) is 1.37. The van der Waals surface area contributed by atoms with Crippen LogP contribution in [0.25, 0.3) is 0 Å². The summed E-state index contributed by atoms with van der Waals surface area (Å²) in [5.41, 5.74) is 0. The molecule has 0 aromatic rings. The summed E-state index contributed by atoms with van der Waals surface area (Å²) in [6.45, 7) is 0. The Hall–Kier alpha value is -0.780. The minimum atomic E-state index is 1.12. The topological polar surface area (TPSA) is 0 Å². The van der Waals surface area contributed by atoms with E-state index in [1.807, 2.05) is 0 Å². The van der Waals surface area contributed by atoms with E-state index in [1.165, 1.54) is 32.1 Å². The zero-order chi connectivity index (χ0) is 9.19. The van der Waals surface area contributed by atoms with Gasteiger partial charge in [-0.1, -0.05) is 30.4 Å². The Morgan fingerprint density at radius 2 is 1.31 bits per heavy atom. The predicted octanol–water partition coefficient (Wildman–Crippen LogP) is 4.20. The molecule has 0 aliphatic heterocycles. The van der Waals surface area contributed by atoms with Crippen LogP contribution in [0, 0.1) is 6.08 Å². The Labute approximate surface area is 82.0 Å². The second kappa shape index (κ2) is 7.85.